The zero-order valence-corrected chi connectivity index (χ0v) is 9.91. The van der Waals surface area contributed by atoms with Crippen molar-refractivity contribution in [2.75, 3.05) is 0 Å². The van der Waals surface area contributed by atoms with Gasteiger partial charge in [-0.15, -0.1) is 0 Å². The summed E-state index contributed by atoms with van der Waals surface area (Å²) in [7, 11) is 0. The number of aromatic nitrogens is 2. The van der Waals surface area contributed by atoms with Gasteiger partial charge in [0.15, 0.2) is 11.6 Å². The number of nitrogens with zero attached hydrogens (tertiary/aromatic N) is 3. The molecule has 1 aromatic carbocycles. The minimum absolute atomic E-state index is 0.123. The molecule has 0 fully saturated rings. The second-order valence-electron chi connectivity index (χ2n) is 3.61. The predicted octanol–water partition coefficient (Wildman–Crippen LogP) is 1.60. The SMILES string of the molecule is N=C(N)c1ccnc(Oc2ccc([N+](=O)[O-])cc2F)n1. The van der Waals surface area contributed by atoms with Crippen LogP contribution in [0.3, 0.4) is 0 Å². The second-order valence-corrected chi connectivity index (χ2v) is 3.61. The highest BCUT2D eigenvalue weighted by Crippen LogP contribution is 2.25. The topological polar surface area (TPSA) is 128 Å². The van der Waals surface area contributed by atoms with Crippen LogP contribution in [0.2, 0.25) is 0 Å². The number of nitrogens with two attached hydrogens (primary N) is 1. The standard InChI is InChI=1S/C11H8FN5O3/c12-7-5-6(17(18)19)1-2-9(7)20-11-15-4-3-8(16-11)10(13)14/h1-5H,(H3,13,14). The van der Waals surface area contributed by atoms with Crippen LogP contribution in [0.5, 0.6) is 11.8 Å². The minimum Gasteiger partial charge on any atom is -0.421 e. The van der Waals surface area contributed by atoms with Gasteiger partial charge in [0.2, 0.25) is 0 Å². The number of nitro groups is 1. The summed E-state index contributed by atoms with van der Waals surface area (Å²) in [5, 5.41) is 17.7. The number of non-ortho nitro benzene ring substituents is 1. The zero-order valence-electron chi connectivity index (χ0n) is 9.91. The lowest BCUT2D eigenvalue weighted by molar-refractivity contribution is -0.385. The van der Waals surface area contributed by atoms with Gasteiger partial charge in [-0.3, -0.25) is 15.5 Å². The van der Waals surface area contributed by atoms with Gasteiger partial charge in [0.1, 0.15) is 11.5 Å². The average Bonchev–Trinajstić information content (AvgIpc) is 2.41. The van der Waals surface area contributed by atoms with E-state index in [1.54, 1.807) is 0 Å². The Morgan fingerprint density at radius 3 is 2.80 bits per heavy atom. The average molecular weight is 277 g/mol. The maximum atomic E-state index is 13.6. The van der Waals surface area contributed by atoms with Crippen molar-refractivity contribution in [2.45, 2.75) is 0 Å². The van der Waals surface area contributed by atoms with Crippen LogP contribution < -0.4 is 10.5 Å². The van der Waals surface area contributed by atoms with Gasteiger partial charge in [-0.25, -0.2) is 9.37 Å². The van der Waals surface area contributed by atoms with E-state index in [9.17, 15) is 14.5 Å². The van der Waals surface area contributed by atoms with Crippen LogP contribution in [0.25, 0.3) is 0 Å². The first-order chi connectivity index (χ1) is 9.47. The van der Waals surface area contributed by atoms with Crippen molar-refractivity contribution >= 4 is 11.5 Å². The highest BCUT2D eigenvalue weighted by molar-refractivity contribution is 5.92. The van der Waals surface area contributed by atoms with Gasteiger partial charge in [0.05, 0.1) is 11.0 Å². The lowest BCUT2D eigenvalue weighted by Crippen LogP contribution is -2.13. The van der Waals surface area contributed by atoms with E-state index in [4.69, 9.17) is 15.9 Å². The second kappa shape index (κ2) is 5.26. The van der Waals surface area contributed by atoms with Crippen molar-refractivity contribution in [2.24, 2.45) is 5.73 Å². The molecule has 0 aliphatic heterocycles. The maximum Gasteiger partial charge on any atom is 0.322 e. The summed E-state index contributed by atoms with van der Waals surface area (Å²) in [4.78, 5) is 17.3. The third kappa shape index (κ3) is 2.83. The van der Waals surface area contributed by atoms with Crippen molar-refractivity contribution in [1.29, 1.82) is 5.41 Å². The number of hydrogen-bond acceptors (Lipinski definition) is 6. The molecular weight excluding hydrogens is 269 g/mol. The van der Waals surface area contributed by atoms with Crippen molar-refractivity contribution < 1.29 is 14.1 Å². The van der Waals surface area contributed by atoms with Crippen LogP contribution in [-0.4, -0.2) is 20.7 Å². The van der Waals surface area contributed by atoms with Crippen LogP contribution in [-0.2, 0) is 0 Å². The maximum absolute atomic E-state index is 13.6. The number of ether oxygens (including phenoxy) is 1. The van der Waals surface area contributed by atoms with Gasteiger partial charge < -0.3 is 10.5 Å². The molecule has 0 aliphatic carbocycles. The number of hydrogen-bond donors (Lipinski definition) is 2. The Morgan fingerprint density at radius 2 is 2.20 bits per heavy atom. The molecule has 0 saturated heterocycles. The van der Waals surface area contributed by atoms with Gasteiger partial charge in [-0.1, -0.05) is 0 Å². The smallest absolute Gasteiger partial charge is 0.322 e. The molecule has 0 bridgehead atoms. The first-order valence-corrected chi connectivity index (χ1v) is 5.26. The lowest BCUT2D eigenvalue weighted by Gasteiger charge is -2.05. The quantitative estimate of drug-likeness (QED) is 0.378. The van der Waals surface area contributed by atoms with E-state index in [0.29, 0.717) is 0 Å². The number of nitro benzene ring substituents is 1. The Hall–Kier alpha value is -3.10. The van der Waals surface area contributed by atoms with E-state index >= 15 is 0 Å². The fourth-order valence-electron chi connectivity index (χ4n) is 1.32. The molecule has 1 aromatic heterocycles. The highest BCUT2D eigenvalue weighted by Gasteiger charge is 2.13. The summed E-state index contributed by atoms with van der Waals surface area (Å²) < 4.78 is 18.7. The van der Waals surface area contributed by atoms with E-state index in [1.807, 2.05) is 0 Å². The van der Waals surface area contributed by atoms with Crippen LogP contribution in [0, 0.1) is 21.3 Å². The van der Waals surface area contributed by atoms with E-state index < -0.39 is 16.4 Å². The van der Waals surface area contributed by atoms with Crippen molar-refractivity contribution in [3.63, 3.8) is 0 Å². The Labute approximate surface area is 111 Å². The number of nitrogen functional groups attached to an aromatic ring is 1. The number of halogens is 1. The molecule has 8 nitrogen and oxygen atoms in total. The monoisotopic (exact) mass is 277 g/mol. The molecule has 0 radical (unpaired) electrons. The number of amidine groups is 1. The number of nitrogens with one attached hydrogen (secondary N) is 1. The van der Waals surface area contributed by atoms with Crippen molar-refractivity contribution in [3.05, 3.63) is 52.1 Å². The molecule has 102 valence electrons. The normalized spacial score (nSPS) is 10.1. The summed E-state index contributed by atoms with van der Waals surface area (Å²) in [5.41, 5.74) is 4.97. The molecule has 0 spiro atoms. The molecule has 0 saturated carbocycles. The van der Waals surface area contributed by atoms with Crippen LogP contribution in [0.15, 0.2) is 30.5 Å². The highest BCUT2D eigenvalue weighted by atomic mass is 19.1. The van der Waals surface area contributed by atoms with Gasteiger partial charge in [0, 0.05) is 12.3 Å². The molecule has 20 heavy (non-hydrogen) atoms. The summed E-state index contributed by atoms with van der Waals surface area (Å²) in [5.74, 6) is -1.48. The first kappa shape index (κ1) is 13.3. The van der Waals surface area contributed by atoms with Gasteiger partial charge in [0.25, 0.3) is 5.69 Å². The molecule has 1 heterocycles. The Morgan fingerprint density at radius 1 is 1.45 bits per heavy atom. The number of benzene rings is 1. The van der Waals surface area contributed by atoms with Crippen LogP contribution in [0.1, 0.15) is 5.69 Å². The van der Waals surface area contributed by atoms with Crippen molar-refractivity contribution in [3.8, 4) is 11.8 Å². The molecule has 9 heteroatoms. The van der Waals surface area contributed by atoms with Crippen LogP contribution in [0.4, 0.5) is 10.1 Å². The Bertz CT molecular complexity index is 692. The van der Waals surface area contributed by atoms with Gasteiger partial charge in [-0.2, -0.15) is 4.98 Å². The summed E-state index contributed by atoms with van der Waals surface area (Å²) in [6.45, 7) is 0. The first-order valence-electron chi connectivity index (χ1n) is 5.26. The molecular formula is C11H8FN5O3. The molecule has 0 atom stereocenters. The third-order valence-electron chi connectivity index (χ3n) is 2.24. The van der Waals surface area contributed by atoms with Crippen LogP contribution >= 0.6 is 0 Å². The summed E-state index contributed by atoms with van der Waals surface area (Å²) >= 11 is 0. The fourth-order valence-corrected chi connectivity index (χ4v) is 1.32. The molecule has 2 rings (SSSR count). The number of rotatable bonds is 4. The largest absolute Gasteiger partial charge is 0.421 e. The molecule has 0 aliphatic rings. The Kier molecular flexibility index (Phi) is 3.51. The minimum atomic E-state index is -0.920. The van der Waals surface area contributed by atoms with E-state index in [-0.39, 0.29) is 23.3 Å². The zero-order chi connectivity index (χ0) is 14.7. The molecule has 2 aromatic rings. The van der Waals surface area contributed by atoms with Gasteiger partial charge in [-0.05, 0) is 12.1 Å². The predicted molar refractivity (Wildman–Crippen MR) is 66.2 cm³/mol. The lowest BCUT2D eigenvalue weighted by atomic mass is 10.3. The molecule has 0 unspecified atom stereocenters. The summed E-state index contributed by atoms with van der Waals surface area (Å²) in [6, 6.07) is 4.08. The van der Waals surface area contributed by atoms with E-state index in [2.05, 4.69) is 9.97 Å². The Balaban J connectivity index is 2.28. The fraction of sp³-hybridized carbons (Fsp3) is 0. The third-order valence-corrected chi connectivity index (χ3v) is 2.24. The van der Waals surface area contributed by atoms with Gasteiger partial charge >= 0.3 is 6.01 Å². The van der Waals surface area contributed by atoms with E-state index in [1.165, 1.54) is 12.3 Å². The van der Waals surface area contributed by atoms with E-state index in [0.717, 1.165) is 18.2 Å². The van der Waals surface area contributed by atoms with Crippen molar-refractivity contribution in [1.82, 2.24) is 9.97 Å². The molecule has 0 amide bonds. The summed E-state index contributed by atoms with van der Waals surface area (Å²) in [6.07, 6.45) is 1.29. The molecule has 3 N–H and O–H groups in total.